The summed E-state index contributed by atoms with van der Waals surface area (Å²) < 4.78 is 0. The summed E-state index contributed by atoms with van der Waals surface area (Å²) in [5.41, 5.74) is 10.2. The van der Waals surface area contributed by atoms with Gasteiger partial charge in [0.1, 0.15) is 0 Å². The topological polar surface area (TPSA) is 32.5 Å². The third-order valence-corrected chi connectivity index (χ3v) is 4.54. The lowest BCUT2D eigenvalue weighted by molar-refractivity contribution is 0.0800. The van der Waals surface area contributed by atoms with Gasteiger partial charge in [0.25, 0.3) is 0 Å². The van der Waals surface area contributed by atoms with Crippen molar-refractivity contribution in [2.24, 2.45) is 5.73 Å². The molecule has 2 rings (SSSR count). The zero-order chi connectivity index (χ0) is 14.7. The number of benzene rings is 1. The number of aryl methyl sites for hydroxylation is 2. The van der Waals surface area contributed by atoms with Crippen LogP contribution in [0.25, 0.3) is 0 Å². The molecule has 1 aromatic carbocycles. The Labute approximate surface area is 123 Å². The number of rotatable bonds is 4. The molecule has 20 heavy (non-hydrogen) atoms. The van der Waals surface area contributed by atoms with Gasteiger partial charge < -0.3 is 5.73 Å². The second kappa shape index (κ2) is 6.70. The minimum atomic E-state index is 0.365. The van der Waals surface area contributed by atoms with Gasteiger partial charge in [-0.25, -0.2) is 0 Å². The lowest BCUT2D eigenvalue weighted by atomic mass is 9.97. The van der Waals surface area contributed by atoms with Gasteiger partial charge in [-0.1, -0.05) is 23.8 Å². The normalized spacial score (nSPS) is 19.5. The molecule has 2 N–H and O–H groups in total. The predicted octanol–water partition coefficient (Wildman–Crippen LogP) is 2.33. The Morgan fingerprint density at radius 2 is 1.65 bits per heavy atom. The van der Waals surface area contributed by atoms with Crippen molar-refractivity contribution in [2.75, 3.05) is 32.7 Å². The molecule has 0 bridgehead atoms. The van der Waals surface area contributed by atoms with Crippen LogP contribution < -0.4 is 5.73 Å². The average molecular weight is 275 g/mol. The molecule has 3 heteroatoms. The van der Waals surface area contributed by atoms with Crippen LogP contribution in [0.1, 0.15) is 36.6 Å². The third-order valence-electron chi connectivity index (χ3n) is 4.54. The summed E-state index contributed by atoms with van der Waals surface area (Å²) in [6.07, 6.45) is 0. The molecule has 1 unspecified atom stereocenters. The van der Waals surface area contributed by atoms with E-state index in [0.29, 0.717) is 18.6 Å². The summed E-state index contributed by atoms with van der Waals surface area (Å²) in [5, 5.41) is 0. The molecule has 3 nitrogen and oxygen atoms in total. The first-order valence-corrected chi connectivity index (χ1v) is 7.78. The smallest absolute Gasteiger partial charge is 0.0474 e. The quantitative estimate of drug-likeness (QED) is 0.915. The van der Waals surface area contributed by atoms with E-state index in [1.807, 2.05) is 0 Å². The summed E-state index contributed by atoms with van der Waals surface area (Å²) in [4.78, 5) is 5.10. The lowest BCUT2D eigenvalue weighted by Crippen LogP contribution is -2.51. The number of hydrogen-bond donors (Lipinski definition) is 1. The van der Waals surface area contributed by atoms with Gasteiger partial charge in [-0.05, 0) is 38.8 Å². The number of piperazine rings is 1. The van der Waals surface area contributed by atoms with Gasteiger partial charge in [0.05, 0.1) is 0 Å². The van der Waals surface area contributed by atoms with Crippen LogP contribution in [0.3, 0.4) is 0 Å². The minimum absolute atomic E-state index is 0.365. The van der Waals surface area contributed by atoms with E-state index >= 15 is 0 Å². The monoisotopic (exact) mass is 275 g/mol. The van der Waals surface area contributed by atoms with Crippen molar-refractivity contribution >= 4 is 0 Å². The Morgan fingerprint density at radius 3 is 2.20 bits per heavy atom. The average Bonchev–Trinajstić information content (AvgIpc) is 2.44. The fourth-order valence-corrected chi connectivity index (χ4v) is 3.16. The first kappa shape index (κ1) is 15.5. The van der Waals surface area contributed by atoms with E-state index in [1.165, 1.54) is 16.7 Å². The van der Waals surface area contributed by atoms with E-state index in [4.69, 9.17) is 5.73 Å². The van der Waals surface area contributed by atoms with Crippen molar-refractivity contribution in [1.82, 2.24) is 9.80 Å². The molecule has 112 valence electrons. The zero-order valence-corrected chi connectivity index (χ0v) is 13.4. The van der Waals surface area contributed by atoms with Gasteiger partial charge in [-0.2, -0.15) is 0 Å². The van der Waals surface area contributed by atoms with Crippen LogP contribution >= 0.6 is 0 Å². The Hall–Kier alpha value is -0.900. The van der Waals surface area contributed by atoms with Crippen molar-refractivity contribution in [1.29, 1.82) is 0 Å². The van der Waals surface area contributed by atoms with Crippen LogP contribution in [-0.2, 0) is 0 Å². The Balaban J connectivity index is 2.11. The van der Waals surface area contributed by atoms with Crippen molar-refractivity contribution in [2.45, 2.75) is 39.8 Å². The molecule has 0 spiro atoms. The van der Waals surface area contributed by atoms with Crippen LogP contribution in [0.5, 0.6) is 0 Å². The lowest BCUT2D eigenvalue weighted by Gasteiger charge is -2.41. The molecule has 0 aromatic heterocycles. The van der Waals surface area contributed by atoms with Gasteiger partial charge in [-0.3, -0.25) is 9.80 Å². The number of nitrogens with two attached hydrogens (primary N) is 1. The fourth-order valence-electron chi connectivity index (χ4n) is 3.16. The van der Waals surface area contributed by atoms with Crippen LogP contribution in [0, 0.1) is 13.8 Å². The molecule has 0 aliphatic carbocycles. The predicted molar refractivity (Wildman–Crippen MR) is 86.0 cm³/mol. The molecule has 1 atom stereocenters. The molecule has 1 aliphatic rings. The summed E-state index contributed by atoms with van der Waals surface area (Å²) in [5.74, 6) is 0. The summed E-state index contributed by atoms with van der Waals surface area (Å²) in [6.45, 7) is 14.2. The molecular formula is C17H29N3. The van der Waals surface area contributed by atoms with Gasteiger partial charge in [0, 0.05) is 44.8 Å². The Kier molecular flexibility index (Phi) is 5.19. The van der Waals surface area contributed by atoms with Crippen molar-refractivity contribution in [3.8, 4) is 0 Å². The van der Waals surface area contributed by atoms with E-state index in [1.54, 1.807) is 0 Å². The maximum Gasteiger partial charge on any atom is 0.0474 e. The molecule has 1 aliphatic heterocycles. The van der Waals surface area contributed by atoms with Gasteiger partial charge >= 0.3 is 0 Å². The zero-order valence-electron chi connectivity index (χ0n) is 13.4. The Morgan fingerprint density at radius 1 is 1.05 bits per heavy atom. The van der Waals surface area contributed by atoms with E-state index in [0.717, 1.165) is 26.2 Å². The van der Waals surface area contributed by atoms with Crippen LogP contribution in [-0.4, -0.2) is 48.6 Å². The summed E-state index contributed by atoms with van der Waals surface area (Å²) in [6, 6.07) is 7.72. The maximum absolute atomic E-state index is 6.09. The second-order valence-electron chi connectivity index (χ2n) is 6.28. The number of hydrogen-bond acceptors (Lipinski definition) is 3. The highest BCUT2D eigenvalue weighted by molar-refractivity contribution is 5.33. The van der Waals surface area contributed by atoms with E-state index < -0.39 is 0 Å². The molecule has 0 amide bonds. The molecule has 1 aromatic rings. The highest BCUT2D eigenvalue weighted by Gasteiger charge is 2.25. The van der Waals surface area contributed by atoms with Gasteiger partial charge in [-0.15, -0.1) is 0 Å². The molecule has 0 saturated carbocycles. The van der Waals surface area contributed by atoms with Crippen LogP contribution in [0.15, 0.2) is 18.2 Å². The SMILES string of the molecule is Cc1ccc(C)c(C(CN)N2CCN(C(C)C)CC2)c1. The van der Waals surface area contributed by atoms with Gasteiger partial charge in [0.15, 0.2) is 0 Å². The van der Waals surface area contributed by atoms with E-state index in [2.05, 4.69) is 55.7 Å². The maximum atomic E-state index is 6.09. The number of nitrogens with zero attached hydrogens (tertiary/aromatic N) is 2. The van der Waals surface area contributed by atoms with E-state index in [9.17, 15) is 0 Å². The van der Waals surface area contributed by atoms with Crippen molar-refractivity contribution < 1.29 is 0 Å². The molecular weight excluding hydrogens is 246 g/mol. The summed E-state index contributed by atoms with van der Waals surface area (Å²) >= 11 is 0. The first-order valence-electron chi connectivity index (χ1n) is 7.78. The van der Waals surface area contributed by atoms with E-state index in [-0.39, 0.29) is 0 Å². The van der Waals surface area contributed by atoms with Crippen molar-refractivity contribution in [3.05, 3.63) is 34.9 Å². The van der Waals surface area contributed by atoms with Gasteiger partial charge in [0.2, 0.25) is 0 Å². The van der Waals surface area contributed by atoms with Crippen LogP contribution in [0.4, 0.5) is 0 Å². The third kappa shape index (κ3) is 3.40. The molecule has 1 fully saturated rings. The minimum Gasteiger partial charge on any atom is -0.329 e. The standard InChI is InChI=1S/C17H29N3/c1-13(2)19-7-9-20(10-8-19)17(12-18)16-11-14(3)5-6-15(16)4/h5-6,11,13,17H,7-10,12,18H2,1-4H3. The fraction of sp³-hybridized carbons (Fsp3) is 0.647. The van der Waals surface area contributed by atoms with Crippen LogP contribution in [0.2, 0.25) is 0 Å². The summed E-state index contributed by atoms with van der Waals surface area (Å²) in [7, 11) is 0. The molecule has 0 radical (unpaired) electrons. The highest BCUT2D eigenvalue weighted by atomic mass is 15.3. The second-order valence-corrected chi connectivity index (χ2v) is 6.28. The molecule has 1 heterocycles. The molecule has 1 saturated heterocycles. The highest BCUT2D eigenvalue weighted by Crippen LogP contribution is 2.25. The largest absolute Gasteiger partial charge is 0.329 e. The first-order chi connectivity index (χ1) is 9.52. The Bertz CT molecular complexity index is 434. The van der Waals surface area contributed by atoms with Crippen molar-refractivity contribution in [3.63, 3.8) is 0 Å².